The van der Waals surface area contributed by atoms with Gasteiger partial charge in [-0.25, -0.2) is 0 Å². The van der Waals surface area contributed by atoms with Gasteiger partial charge in [0.25, 0.3) is 5.91 Å². The van der Waals surface area contributed by atoms with Crippen LogP contribution in [0.4, 0.5) is 24.5 Å². The number of carbonyl (C=O) groups excluding carboxylic acids is 2. The van der Waals surface area contributed by atoms with Crippen LogP contribution in [0, 0.1) is 0 Å². The van der Waals surface area contributed by atoms with Crippen molar-refractivity contribution in [3.63, 3.8) is 0 Å². The number of rotatable bonds is 0. The van der Waals surface area contributed by atoms with Gasteiger partial charge in [0.1, 0.15) is 0 Å². The summed E-state index contributed by atoms with van der Waals surface area (Å²) in [5.74, 6) is -1.65. The van der Waals surface area contributed by atoms with Crippen LogP contribution in [0.15, 0.2) is 18.2 Å². The third-order valence-electron chi connectivity index (χ3n) is 2.29. The molecule has 1 aliphatic rings. The highest BCUT2D eigenvalue weighted by molar-refractivity contribution is 6.42. The van der Waals surface area contributed by atoms with Crippen LogP contribution in [0.5, 0.6) is 0 Å². The van der Waals surface area contributed by atoms with Crippen LogP contribution in [-0.2, 0) is 15.8 Å². The number of benzene rings is 1. The monoisotopic (exact) mass is 244 g/mol. The molecule has 1 heterocycles. The van der Waals surface area contributed by atoms with E-state index in [4.69, 9.17) is 0 Å². The van der Waals surface area contributed by atoms with E-state index in [1.54, 1.807) is 0 Å². The third kappa shape index (κ3) is 2.22. The normalized spacial score (nSPS) is 15.7. The molecule has 0 spiro atoms. The highest BCUT2D eigenvalue weighted by Gasteiger charge is 2.32. The van der Waals surface area contributed by atoms with Crippen molar-refractivity contribution >= 4 is 23.1 Å². The summed E-state index contributed by atoms with van der Waals surface area (Å²) in [7, 11) is 0. The fourth-order valence-corrected chi connectivity index (χ4v) is 1.43. The number of Topliss-reactive ketones (excluding diaryl/α,β-unsaturated/α-hetero) is 1. The maximum Gasteiger partial charge on any atom is 0.416 e. The molecule has 0 saturated carbocycles. The molecule has 0 fully saturated rings. The highest BCUT2D eigenvalue weighted by Crippen LogP contribution is 2.34. The zero-order chi connectivity index (χ0) is 12.6. The molecule has 0 aliphatic carbocycles. The van der Waals surface area contributed by atoms with Crippen LogP contribution in [0.1, 0.15) is 5.56 Å². The topological polar surface area (TPSA) is 58.2 Å². The number of carbonyl (C=O) groups is 2. The molecule has 1 amide bonds. The second-order valence-corrected chi connectivity index (χ2v) is 3.49. The lowest BCUT2D eigenvalue weighted by atomic mass is 10.1. The Labute approximate surface area is 93.8 Å². The Morgan fingerprint density at radius 3 is 2.47 bits per heavy atom. The Kier molecular flexibility index (Phi) is 2.53. The zero-order valence-corrected chi connectivity index (χ0v) is 8.39. The Bertz CT molecular complexity index is 497. The fraction of sp³-hybridized carbons (Fsp3) is 0.200. The number of nitrogens with one attached hydrogen (secondary N) is 2. The van der Waals surface area contributed by atoms with Crippen molar-refractivity contribution in [1.82, 2.24) is 0 Å². The SMILES string of the molecule is O=C1CNc2ccc(C(F)(F)F)cc2NC1=O. The summed E-state index contributed by atoms with van der Waals surface area (Å²) in [4.78, 5) is 22.2. The molecule has 90 valence electrons. The number of amides is 1. The molecule has 0 atom stereocenters. The molecule has 0 aromatic heterocycles. The van der Waals surface area contributed by atoms with Gasteiger partial charge in [0.05, 0.1) is 23.5 Å². The number of anilines is 2. The van der Waals surface area contributed by atoms with Gasteiger partial charge in [-0.15, -0.1) is 0 Å². The fourth-order valence-electron chi connectivity index (χ4n) is 1.43. The second kappa shape index (κ2) is 3.76. The summed E-state index contributed by atoms with van der Waals surface area (Å²) < 4.78 is 37.3. The van der Waals surface area contributed by atoms with Crippen molar-refractivity contribution in [3.05, 3.63) is 23.8 Å². The Morgan fingerprint density at radius 2 is 1.82 bits per heavy atom. The smallest absolute Gasteiger partial charge is 0.376 e. The zero-order valence-electron chi connectivity index (χ0n) is 8.39. The van der Waals surface area contributed by atoms with Gasteiger partial charge >= 0.3 is 6.18 Å². The molecule has 17 heavy (non-hydrogen) atoms. The minimum atomic E-state index is -4.49. The predicted octanol–water partition coefficient (Wildman–Crippen LogP) is 1.64. The second-order valence-electron chi connectivity index (χ2n) is 3.49. The molecule has 2 rings (SSSR count). The molecule has 0 bridgehead atoms. The van der Waals surface area contributed by atoms with Gasteiger partial charge in [-0.1, -0.05) is 0 Å². The van der Waals surface area contributed by atoms with Crippen LogP contribution in [0.3, 0.4) is 0 Å². The van der Waals surface area contributed by atoms with Gasteiger partial charge < -0.3 is 10.6 Å². The van der Waals surface area contributed by atoms with E-state index in [0.29, 0.717) is 0 Å². The first-order valence-corrected chi connectivity index (χ1v) is 4.67. The van der Waals surface area contributed by atoms with E-state index >= 15 is 0 Å². The first kappa shape index (κ1) is 11.4. The molecule has 7 heteroatoms. The molecule has 1 aliphatic heterocycles. The van der Waals surface area contributed by atoms with Crippen molar-refractivity contribution in [2.24, 2.45) is 0 Å². The lowest BCUT2D eigenvalue weighted by molar-refractivity contribution is -0.137. The molecule has 2 N–H and O–H groups in total. The number of halogens is 3. The van der Waals surface area contributed by atoms with Crippen LogP contribution in [-0.4, -0.2) is 18.2 Å². The number of ketones is 1. The van der Waals surface area contributed by atoms with Gasteiger partial charge in [0.2, 0.25) is 5.78 Å². The molecular formula is C10H7F3N2O2. The number of hydrogen-bond acceptors (Lipinski definition) is 3. The predicted molar refractivity (Wildman–Crippen MR) is 53.6 cm³/mol. The van der Waals surface area contributed by atoms with Crippen molar-refractivity contribution in [1.29, 1.82) is 0 Å². The highest BCUT2D eigenvalue weighted by atomic mass is 19.4. The number of fused-ring (bicyclic) bond motifs is 1. The first-order valence-electron chi connectivity index (χ1n) is 4.67. The summed E-state index contributed by atoms with van der Waals surface area (Å²) in [5, 5.41) is 4.72. The summed E-state index contributed by atoms with van der Waals surface area (Å²) >= 11 is 0. The third-order valence-corrected chi connectivity index (χ3v) is 2.29. The minimum absolute atomic E-state index is 0.0457. The van der Waals surface area contributed by atoms with Crippen LogP contribution < -0.4 is 10.6 Å². The van der Waals surface area contributed by atoms with Gasteiger partial charge in [0.15, 0.2) is 0 Å². The molecule has 4 nitrogen and oxygen atoms in total. The van der Waals surface area contributed by atoms with Crippen LogP contribution in [0.25, 0.3) is 0 Å². The summed E-state index contributed by atoms with van der Waals surface area (Å²) in [6, 6.07) is 2.85. The van der Waals surface area contributed by atoms with Gasteiger partial charge in [0, 0.05) is 0 Å². The minimum Gasteiger partial charge on any atom is -0.376 e. The standard InChI is InChI=1S/C10H7F3N2O2/c11-10(12,13)5-1-2-6-7(3-5)15-9(17)8(16)4-14-6/h1-3,14H,4H2,(H,15,17). The first-order chi connectivity index (χ1) is 7.88. The molecular weight excluding hydrogens is 237 g/mol. The van der Waals surface area contributed by atoms with E-state index in [1.807, 2.05) is 0 Å². The van der Waals surface area contributed by atoms with Crippen molar-refractivity contribution < 1.29 is 22.8 Å². The summed E-state index contributed by atoms with van der Waals surface area (Å²) in [6.07, 6.45) is -4.49. The Balaban J connectivity index is 2.43. The van der Waals surface area contributed by atoms with Crippen molar-refractivity contribution in [2.75, 3.05) is 17.2 Å². The average molecular weight is 244 g/mol. The van der Waals surface area contributed by atoms with Crippen LogP contribution in [0.2, 0.25) is 0 Å². The lowest BCUT2D eigenvalue weighted by Gasteiger charge is -2.11. The molecule has 1 aromatic rings. The lowest BCUT2D eigenvalue weighted by Crippen LogP contribution is -2.25. The van der Waals surface area contributed by atoms with Crippen molar-refractivity contribution in [2.45, 2.75) is 6.18 Å². The molecule has 0 saturated heterocycles. The molecule has 0 radical (unpaired) electrons. The Hall–Kier alpha value is -2.05. The quantitative estimate of drug-likeness (QED) is 0.682. The van der Waals surface area contributed by atoms with Crippen LogP contribution >= 0.6 is 0 Å². The van der Waals surface area contributed by atoms with E-state index in [1.165, 1.54) is 6.07 Å². The van der Waals surface area contributed by atoms with E-state index < -0.39 is 23.4 Å². The van der Waals surface area contributed by atoms with Gasteiger partial charge in [-0.2, -0.15) is 13.2 Å². The maximum absolute atomic E-state index is 12.4. The molecule has 0 unspecified atom stereocenters. The van der Waals surface area contributed by atoms with E-state index in [0.717, 1.165) is 12.1 Å². The molecule has 1 aromatic carbocycles. The van der Waals surface area contributed by atoms with E-state index in [2.05, 4.69) is 10.6 Å². The van der Waals surface area contributed by atoms with E-state index in [-0.39, 0.29) is 17.9 Å². The Morgan fingerprint density at radius 1 is 1.12 bits per heavy atom. The summed E-state index contributed by atoms with van der Waals surface area (Å²) in [6.45, 7) is -0.232. The van der Waals surface area contributed by atoms with Crippen molar-refractivity contribution in [3.8, 4) is 0 Å². The van der Waals surface area contributed by atoms with Gasteiger partial charge in [-0.05, 0) is 18.2 Å². The number of hydrogen-bond donors (Lipinski definition) is 2. The summed E-state index contributed by atoms with van der Waals surface area (Å²) in [5.41, 5.74) is -0.638. The largest absolute Gasteiger partial charge is 0.416 e. The maximum atomic E-state index is 12.4. The number of alkyl halides is 3. The average Bonchev–Trinajstić information content (AvgIpc) is 2.37. The van der Waals surface area contributed by atoms with Gasteiger partial charge in [-0.3, -0.25) is 9.59 Å². The van der Waals surface area contributed by atoms with E-state index in [9.17, 15) is 22.8 Å².